The molecule has 0 spiro atoms. The lowest BCUT2D eigenvalue weighted by Gasteiger charge is -2.12. The summed E-state index contributed by atoms with van der Waals surface area (Å²) in [5, 5.41) is 6.60. The van der Waals surface area contributed by atoms with Gasteiger partial charge in [-0.1, -0.05) is 24.3 Å². The molecule has 2 N–H and O–H groups in total. The maximum Gasteiger partial charge on any atom is 0.191 e. The van der Waals surface area contributed by atoms with Gasteiger partial charge in [0.1, 0.15) is 11.5 Å². The molecule has 0 heterocycles. The summed E-state index contributed by atoms with van der Waals surface area (Å²) >= 11 is 0. The van der Waals surface area contributed by atoms with Crippen LogP contribution in [0.3, 0.4) is 0 Å². The number of guanidine groups is 1. The van der Waals surface area contributed by atoms with Crippen LogP contribution in [0.1, 0.15) is 18.1 Å². The Hall–Kier alpha value is -2.69. The van der Waals surface area contributed by atoms with Gasteiger partial charge in [0.2, 0.25) is 0 Å². The minimum atomic E-state index is 0.613. The fourth-order valence-electron chi connectivity index (χ4n) is 2.17. The quantitative estimate of drug-likeness (QED) is 0.606. The van der Waals surface area contributed by atoms with Crippen molar-refractivity contribution in [2.24, 2.45) is 4.99 Å². The van der Waals surface area contributed by atoms with Crippen LogP contribution in [-0.4, -0.2) is 26.7 Å². The van der Waals surface area contributed by atoms with Gasteiger partial charge in [-0.2, -0.15) is 0 Å². The van der Waals surface area contributed by atoms with Crippen LogP contribution in [0.15, 0.2) is 53.5 Å². The summed E-state index contributed by atoms with van der Waals surface area (Å²) in [4.78, 5) is 4.62. The first-order valence-corrected chi connectivity index (χ1v) is 8.03. The number of ether oxygens (including phenoxy) is 2. The Kier molecular flexibility index (Phi) is 6.95. The minimum absolute atomic E-state index is 0.613. The first kappa shape index (κ1) is 17.7. The zero-order chi connectivity index (χ0) is 17.2. The molecule has 0 aliphatic rings. The molecule has 0 unspecified atom stereocenters. The normalized spacial score (nSPS) is 11.0. The molecule has 5 nitrogen and oxygen atoms in total. The second-order valence-electron chi connectivity index (χ2n) is 5.24. The van der Waals surface area contributed by atoms with E-state index in [0.717, 1.165) is 29.6 Å². The summed E-state index contributed by atoms with van der Waals surface area (Å²) in [6.45, 7) is 4.19. The van der Waals surface area contributed by atoms with Gasteiger partial charge in [-0.05, 0) is 42.3 Å². The van der Waals surface area contributed by atoms with Gasteiger partial charge in [0.25, 0.3) is 0 Å². The largest absolute Gasteiger partial charge is 0.497 e. The van der Waals surface area contributed by atoms with Crippen molar-refractivity contribution in [1.29, 1.82) is 0 Å². The maximum absolute atomic E-state index is 5.17. The molecular formula is C19H25N3O2. The standard InChI is InChI=1S/C19H25N3O2/c1-4-20-19(21-13-15-5-9-17(23-2)10-6-15)22-14-16-7-11-18(24-3)12-8-16/h5-12H,4,13-14H2,1-3H3,(H2,20,21,22). The summed E-state index contributed by atoms with van der Waals surface area (Å²) in [5.74, 6) is 2.51. The number of hydrogen-bond acceptors (Lipinski definition) is 3. The van der Waals surface area contributed by atoms with Gasteiger partial charge < -0.3 is 20.1 Å². The molecule has 0 fully saturated rings. The molecule has 0 bridgehead atoms. The lowest BCUT2D eigenvalue weighted by Crippen LogP contribution is -2.36. The van der Waals surface area contributed by atoms with Crippen LogP contribution in [0.2, 0.25) is 0 Å². The third kappa shape index (κ3) is 5.50. The highest BCUT2D eigenvalue weighted by Crippen LogP contribution is 2.12. The third-order valence-electron chi connectivity index (χ3n) is 3.54. The van der Waals surface area contributed by atoms with Crippen molar-refractivity contribution in [3.05, 3.63) is 59.7 Å². The minimum Gasteiger partial charge on any atom is -0.497 e. The smallest absolute Gasteiger partial charge is 0.191 e. The van der Waals surface area contributed by atoms with E-state index in [9.17, 15) is 0 Å². The molecule has 0 atom stereocenters. The summed E-state index contributed by atoms with van der Waals surface area (Å²) in [7, 11) is 3.34. The molecule has 0 saturated carbocycles. The number of nitrogens with one attached hydrogen (secondary N) is 2. The fourth-order valence-corrected chi connectivity index (χ4v) is 2.17. The number of methoxy groups -OCH3 is 2. The highest BCUT2D eigenvalue weighted by atomic mass is 16.5. The van der Waals surface area contributed by atoms with Crippen molar-refractivity contribution in [1.82, 2.24) is 10.6 Å². The van der Waals surface area contributed by atoms with Gasteiger partial charge in [-0.15, -0.1) is 0 Å². The van der Waals surface area contributed by atoms with E-state index in [4.69, 9.17) is 9.47 Å². The number of aliphatic imine (C=N–C) groups is 1. The van der Waals surface area contributed by atoms with Gasteiger partial charge in [-0.3, -0.25) is 0 Å². The Morgan fingerprint density at radius 2 is 1.38 bits per heavy atom. The van der Waals surface area contributed by atoms with Gasteiger partial charge in [0.15, 0.2) is 5.96 Å². The second-order valence-corrected chi connectivity index (χ2v) is 5.24. The van der Waals surface area contributed by atoms with Crippen molar-refractivity contribution >= 4 is 5.96 Å². The average Bonchev–Trinajstić information content (AvgIpc) is 2.65. The first-order chi connectivity index (χ1) is 11.7. The van der Waals surface area contributed by atoms with E-state index in [2.05, 4.69) is 22.5 Å². The van der Waals surface area contributed by atoms with Crippen LogP contribution in [0.25, 0.3) is 0 Å². The number of rotatable bonds is 7. The summed E-state index contributed by atoms with van der Waals surface area (Å²) in [6.07, 6.45) is 0. The molecule has 0 aliphatic carbocycles. The number of benzene rings is 2. The summed E-state index contributed by atoms with van der Waals surface area (Å²) < 4.78 is 10.3. The Morgan fingerprint density at radius 3 is 1.88 bits per heavy atom. The van der Waals surface area contributed by atoms with Crippen LogP contribution in [-0.2, 0) is 13.1 Å². The first-order valence-electron chi connectivity index (χ1n) is 8.03. The maximum atomic E-state index is 5.17. The zero-order valence-electron chi connectivity index (χ0n) is 14.5. The van der Waals surface area contributed by atoms with Crippen molar-refractivity contribution < 1.29 is 9.47 Å². The van der Waals surface area contributed by atoms with E-state index in [-0.39, 0.29) is 0 Å². The molecule has 128 valence electrons. The number of nitrogens with zero attached hydrogens (tertiary/aromatic N) is 1. The lowest BCUT2D eigenvalue weighted by atomic mass is 10.2. The molecule has 24 heavy (non-hydrogen) atoms. The Morgan fingerprint density at radius 1 is 0.833 bits per heavy atom. The van der Waals surface area contributed by atoms with Gasteiger partial charge >= 0.3 is 0 Å². The Balaban J connectivity index is 1.93. The van der Waals surface area contributed by atoms with E-state index in [0.29, 0.717) is 13.1 Å². The van der Waals surface area contributed by atoms with E-state index < -0.39 is 0 Å². The Bertz CT molecular complexity index is 637. The molecule has 0 aliphatic heterocycles. The molecule has 0 amide bonds. The number of hydrogen-bond donors (Lipinski definition) is 2. The molecule has 0 aromatic heterocycles. The lowest BCUT2D eigenvalue weighted by molar-refractivity contribution is 0.414. The second kappa shape index (κ2) is 9.45. The van der Waals surface area contributed by atoms with Crippen molar-refractivity contribution in [3.8, 4) is 11.5 Å². The fraction of sp³-hybridized carbons (Fsp3) is 0.316. The van der Waals surface area contributed by atoms with E-state index in [1.165, 1.54) is 5.56 Å². The molecule has 5 heteroatoms. The van der Waals surface area contributed by atoms with Gasteiger partial charge in [0.05, 0.1) is 20.8 Å². The van der Waals surface area contributed by atoms with E-state index in [1.54, 1.807) is 14.2 Å². The van der Waals surface area contributed by atoms with Gasteiger partial charge in [-0.25, -0.2) is 4.99 Å². The molecular weight excluding hydrogens is 302 g/mol. The molecule has 0 saturated heterocycles. The highest BCUT2D eigenvalue weighted by Gasteiger charge is 2.00. The monoisotopic (exact) mass is 327 g/mol. The molecule has 2 aromatic rings. The Labute approximate surface area is 143 Å². The van der Waals surface area contributed by atoms with Crippen LogP contribution in [0.4, 0.5) is 0 Å². The van der Waals surface area contributed by atoms with Crippen molar-refractivity contribution in [3.63, 3.8) is 0 Å². The molecule has 0 radical (unpaired) electrons. The van der Waals surface area contributed by atoms with Crippen LogP contribution in [0.5, 0.6) is 11.5 Å². The summed E-state index contributed by atoms with van der Waals surface area (Å²) in [6, 6.07) is 15.9. The van der Waals surface area contributed by atoms with Crippen LogP contribution < -0.4 is 20.1 Å². The average molecular weight is 327 g/mol. The highest BCUT2D eigenvalue weighted by molar-refractivity contribution is 5.79. The van der Waals surface area contributed by atoms with E-state index in [1.807, 2.05) is 48.5 Å². The van der Waals surface area contributed by atoms with Crippen LogP contribution in [0, 0.1) is 0 Å². The van der Waals surface area contributed by atoms with Crippen molar-refractivity contribution in [2.45, 2.75) is 20.0 Å². The van der Waals surface area contributed by atoms with Crippen molar-refractivity contribution in [2.75, 3.05) is 20.8 Å². The predicted molar refractivity (Wildman–Crippen MR) is 97.6 cm³/mol. The van der Waals surface area contributed by atoms with E-state index >= 15 is 0 Å². The SMILES string of the molecule is CCNC(=NCc1ccc(OC)cc1)NCc1ccc(OC)cc1. The summed E-state index contributed by atoms with van der Waals surface area (Å²) in [5.41, 5.74) is 2.31. The molecule has 2 aromatic carbocycles. The van der Waals surface area contributed by atoms with Gasteiger partial charge in [0, 0.05) is 13.1 Å². The third-order valence-corrected chi connectivity index (χ3v) is 3.54. The predicted octanol–water partition coefficient (Wildman–Crippen LogP) is 2.96. The van der Waals surface area contributed by atoms with Crippen LogP contribution >= 0.6 is 0 Å². The topological polar surface area (TPSA) is 54.9 Å². The molecule has 2 rings (SSSR count). The zero-order valence-corrected chi connectivity index (χ0v) is 14.5.